The highest BCUT2D eigenvalue weighted by molar-refractivity contribution is 5.93. The Morgan fingerprint density at radius 2 is 2.13 bits per heavy atom. The highest BCUT2D eigenvalue weighted by Crippen LogP contribution is 2.37. The molecule has 3 fully saturated rings. The SMILES string of the molecule is Cc1ccoc1C(=O)N1CC[C@]2(C[C@@H](N3CCCC3)CCO2)C1. The lowest BCUT2D eigenvalue weighted by atomic mass is 9.89. The number of ether oxygens (including phenoxy) is 1. The summed E-state index contributed by atoms with van der Waals surface area (Å²) in [6.45, 7) is 6.68. The molecule has 5 nitrogen and oxygen atoms in total. The number of carbonyl (C=O) groups excluding carboxylic acids is 1. The third kappa shape index (κ3) is 2.81. The number of furan rings is 1. The Morgan fingerprint density at radius 1 is 1.30 bits per heavy atom. The first-order chi connectivity index (χ1) is 11.2. The van der Waals surface area contributed by atoms with Crippen LogP contribution in [0.15, 0.2) is 16.7 Å². The van der Waals surface area contributed by atoms with Crippen molar-refractivity contribution in [1.29, 1.82) is 0 Å². The monoisotopic (exact) mass is 318 g/mol. The van der Waals surface area contributed by atoms with E-state index < -0.39 is 0 Å². The van der Waals surface area contributed by atoms with E-state index >= 15 is 0 Å². The molecule has 3 aliphatic rings. The molecule has 1 aromatic rings. The topological polar surface area (TPSA) is 45.9 Å². The van der Waals surface area contributed by atoms with Crippen LogP contribution >= 0.6 is 0 Å². The van der Waals surface area contributed by atoms with E-state index in [-0.39, 0.29) is 11.5 Å². The minimum Gasteiger partial charge on any atom is -0.459 e. The average Bonchev–Trinajstić information content (AvgIpc) is 3.28. The van der Waals surface area contributed by atoms with Gasteiger partial charge in [0.1, 0.15) is 0 Å². The molecule has 2 atom stereocenters. The molecule has 1 amide bonds. The van der Waals surface area contributed by atoms with Crippen molar-refractivity contribution >= 4 is 5.91 Å². The molecule has 0 N–H and O–H groups in total. The Balaban J connectivity index is 1.44. The van der Waals surface area contributed by atoms with Crippen LogP contribution in [-0.4, -0.2) is 60.1 Å². The summed E-state index contributed by atoms with van der Waals surface area (Å²) in [4.78, 5) is 17.2. The summed E-state index contributed by atoms with van der Waals surface area (Å²) in [6.07, 6.45) is 7.39. The van der Waals surface area contributed by atoms with Crippen LogP contribution in [0.4, 0.5) is 0 Å². The predicted molar refractivity (Wildman–Crippen MR) is 86.5 cm³/mol. The smallest absolute Gasteiger partial charge is 0.289 e. The van der Waals surface area contributed by atoms with E-state index in [1.165, 1.54) is 25.9 Å². The zero-order valence-electron chi connectivity index (χ0n) is 13.9. The molecule has 1 spiro atoms. The number of hydrogen-bond donors (Lipinski definition) is 0. The van der Waals surface area contributed by atoms with Crippen LogP contribution in [0.25, 0.3) is 0 Å². The first-order valence-electron chi connectivity index (χ1n) is 8.88. The summed E-state index contributed by atoms with van der Waals surface area (Å²) < 4.78 is 11.6. The summed E-state index contributed by atoms with van der Waals surface area (Å²) in [5.74, 6) is 0.491. The number of hydrogen-bond acceptors (Lipinski definition) is 4. The van der Waals surface area contributed by atoms with Gasteiger partial charge in [0.25, 0.3) is 5.91 Å². The van der Waals surface area contributed by atoms with Gasteiger partial charge in [-0.1, -0.05) is 0 Å². The molecule has 0 radical (unpaired) electrons. The van der Waals surface area contributed by atoms with E-state index in [9.17, 15) is 4.79 Å². The van der Waals surface area contributed by atoms with Gasteiger partial charge in [-0.15, -0.1) is 0 Å². The highest BCUT2D eigenvalue weighted by Gasteiger charge is 2.46. The molecule has 0 aromatic carbocycles. The summed E-state index contributed by atoms with van der Waals surface area (Å²) in [5.41, 5.74) is 0.775. The third-order valence-electron chi connectivity index (χ3n) is 5.78. The minimum absolute atomic E-state index is 0.0104. The van der Waals surface area contributed by atoms with Crippen LogP contribution in [0.3, 0.4) is 0 Å². The van der Waals surface area contributed by atoms with Crippen LogP contribution in [0.2, 0.25) is 0 Å². The Bertz CT molecular complexity index is 579. The fourth-order valence-electron chi connectivity index (χ4n) is 4.46. The largest absolute Gasteiger partial charge is 0.459 e. The van der Waals surface area contributed by atoms with E-state index in [0.29, 0.717) is 18.3 Å². The fraction of sp³-hybridized carbons (Fsp3) is 0.722. The number of aryl methyl sites for hydroxylation is 1. The molecule has 126 valence electrons. The molecule has 1 aromatic heterocycles. The van der Waals surface area contributed by atoms with E-state index in [2.05, 4.69) is 4.90 Å². The summed E-state index contributed by atoms with van der Waals surface area (Å²) in [5, 5.41) is 0. The van der Waals surface area contributed by atoms with Gasteiger partial charge < -0.3 is 19.0 Å². The maximum Gasteiger partial charge on any atom is 0.289 e. The van der Waals surface area contributed by atoms with Crippen molar-refractivity contribution in [3.63, 3.8) is 0 Å². The standard InChI is InChI=1S/C18H26N2O3/c1-14-4-10-22-16(14)17(21)20-9-6-18(13-20)12-15(5-11-23-18)19-7-2-3-8-19/h4,10,15H,2-3,5-9,11-13H2,1H3/t15-,18-/m0/s1. The molecule has 0 aliphatic carbocycles. The summed E-state index contributed by atoms with van der Waals surface area (Å²) in [7, 11) is 0. The van der Waals surface area contributed by atoms with Crippen LogP contribution in [0.5, 0.6) is 0 Å². The maximum atomic E-state index is 12.7. The van der Waals surface area contributed by atoms with Crippen molar-refractivity contribution in [2.45, 2.75) is 50.7 Å². The molecule has 23 heavy (non-hydrogen) atoms. The Labute approximate surface area is 137 Å². The zero-order chi connectivity index (χ0) is 15.9. The number of rotatable bonds is 2. The third-order valence-corrected chi connectivity index (χ3v) is 5.78. The quantitative estimate of drug-likeness (QED) is 0.840. The van der Waals surface area contributed by atoms with Gasteiger partial charge in [0.05, 0.1) is 18.4 Å². The van der Waals surface area contributed by atoms with Crippen molar-refractivity contribution in [3.8, 4) is 0 Å². The molecule has 0 bridgehead atoms. The van der Waals surface area contributed by atoms with Gasteiger partial charge in [0, 0.05) is 24.8 Å². The molecule has 3 aliphatic heterocycles. The van der Waals surface area contributed by atoms with Crippen LogP contribution in [-0.2, 0) is 4.74 Å². The van der Waals surface area contributed by atoms with Gasteiger partial charge in [-0.25, -0.2) is 0 Å². The molecule has 4 rings (SSSR count). The predicted octanol–water partition coefficient (Wildman–Crippen LogP) is 2.45. The van der Waals surface area contributed by atoms with Crippen molar-refractivity contribution in [2.75, 3.05) is 32.8 Å². The summed E-state index contributed by atoms with van der Waals surface area (Å²) >= 11 is 0. The van der Waals surface area contributed by atoms with Gasteiger partial charge in [0.15, 0.2) is 5.76 Å². The highest BCUT2D eigenvalue weighted by atomic mass is 16.5. The molecule has 5 heteroatoms. The number of likely N-dealkylation sites (tertiary alicyclic amines) is 2. The average molecular weight is 318 g/mol. The second kappa shape index (κ2) is 5.95. The lowest BCUT2D eigenvalue weighted by Gasteiger charge is -2.41. The lowest BCUT2D eigenvalue weighted by molar-refractivity contribution is -0.0947. The van der Waals surface area contributed by atoms with Crippen molar-refractivity contribution in [1.82, 2.24) is 9.80 Å². The van der Waals surface area contributed by atoms with Gasteiger partial charge in [0.2, 0.25) is 0 Å². The fourth-order valence-corrected chi connectivity index (χ4v) is 4.46. The second-order valence-corrected chi connectivity index (χ2v) is 7.33. The molecule has 3 saturated heterocycles. The maximum absolute atomic E-state index is 12.7. The molecule has 4 heterocycles. The number of amides is 1. The molecular weight excluding hydrogens is 292 g/mol. The van der Waals surface area contributed by atoms with Crippen LogP contribution in [0, 0.1) is 6.92 Å². The first kappa shape index (κ1) is 15.2. The van der Waals surface area contributed by atoms with E-state index in [1.54, 1.807) is 6.26 Å². The van der Waals surface area contributed by atoms with E-state index in [1.807, 2.05) is 17.9 Å². The Morgan fingerprint density at radius 3 is 2.87 bits per heavy atom. The van der Waals surface area contributed by atoms with Crippen molar-refractivity contribution in [2.24, 2.45) is 0 Å². The van der Waals surface area contributed by atoms with Crippen molar-refractivity contribution in [3.05, 3.63) is 23.7 Å². The van der Waals surface area contributed by atoms with Gasteiger partial charge in [-0.05, 0) is 58.2 Å². The number of carbonyl (C=O) groups is 1. The molecule has 0 saturated carbocycles. The van der Waals surface area contributed by atoms with E-state index in [0.717, 1.165) is 38.0 Å². The lowest BCUT2D eigenvalue weighted by Crippen LogP contribution is -2.49. The van der Waals surface area contributed by atoms with Crippen LogP contribution < -0.4 is 0 Å². The Kier molecular flexibility index (Phi) is 3.93. The zero-order valence-corrected chi connectivity index (χ0v) is 13.9. The van der Waals surface area contributed by atoms with Crippen LogP contribution in [0.1, 0.15) is 48.2 Å². The van der Waals surface area contributed by atoms with E-state index in [4.69, 9.17) is 9.15 Å². The van der Waals surface area contributed by atoms with Gasteiger partial charge >= 0.3 is 0 Å². The minimum atomic E-state index is -0.137. The second-order valence-electron chi connectivity index (χ2n) is 7.33. The number of nitrogens with zero attached hydrogens (tertiary/aromatic N) is 2. The Hall–Kier alpha value is -1.33. The van der Waals surface area contributed by atoms with Gasteiger partial charge in [-0.3, -0.25) is 4.79 Å². The molecular formula is C18H26N2O3. The summed E-state index contributed by atoms with van der Waals surface area (Å²) in [6, 6.07) is 2.48. The molecule has 0 unspecified atom stereocenters. The first-order valence-corrected chi connectivity index (χ1v) is 8.88. The van der Waals surface area contributed by atoms with Crippen molar-refractivity contribution < 1.29 is 13.9 Å². The normalized spacial score (nSPS) is 32.0. The van der Waals surface area contributed by atoms with Gasteiger partial charge in [-0.2, -0.15) is 0 Å².